The Morgan fingerprint density at radius 3 is 2.71 bits per heavy atom. The van der Waals surface area contributed by atoms with Crippen LogP contribution in [0.4, 0.5) is 4.39 Å². The molecule has 2 rings (SSSR count). The Morgan fingerprint density at radius 2 is 2.24 bits per heavy atom. The highest BCUT2D eigenvalue weighted by Crippen LogP contribution is 2.48. The molecule has 0 heterocycles. The second-order valence-electron chi connectivity index (χ2n) is 4.31. The number of hydrogen-bond acceptors (Lipinski definition) is 3. The van der Waals surface area contributed by atoms with Crippen LogP contribution in [0, 0.1) is 12.7 Å². The molecule has 0 saturated heterocycles. The van der Waals surface area contributed by atoms with E-state index in [0.717, 1.165) is 6.42 Å². The fraction of sp³-hybridized carbons (Fsp3) is 0.417. The molecule has 1 aromatic carbocycles. The largest absolute Gasteiger partial charge is 0.504 e. The fourth-order valence-corrected chi connectivity index (χ4v) is 2.27. The maximum Gasteiger partial charge on any atom is 0.235 e. The molecule has 1 aromatic rings. The van der Waals surface area contributed by atoms with Gasteiger partial charge in [-0.1, -0.05) is 11.6 Å². The van der Waals surface area contributed by atoms with E-state index in [4.69, 9.17) is 11.6 Å². The Morgan fingerprint density at radius 1 is 1.59 bits per heavy atom. The first kappa shape index (κ1) is 12.1. The number of benzene rings is 1. The molecule has 0 atom stereocenters. The van der Waals surface area contributed by atoms with Gasteiger partial charge in [-0.3, -0.25) is 0 Å². The van der Waals surface area contributed by atoms with Crippen molar-refractivity contribution in [3.63, 3.8) is 0 Å². The molecule has 1 aliphatic carbocycles. The second-order valence-corrected chi connectivity index (χ2v) is 4.68. The first-order valence-electron chi connectivity index (χ1n) is 5.29. The van der Waals surface area contributed by atoms with Crippen molar-refractivity contribution in [2.75, 3.05) is 0 Å². The molecule has 1 aliphatic rings. The number of nitrogens with zero attached hydrogens (tertiary/aromatic N) is 1. The van der Waals surface area contributed by atoms with Gasteiger partial charge in [0.2, 0.25) is 6.08 Å². The Labute approximate surface area is 103 Å². The third-order valence-electron chi connectivity index (χ3n) is 3.30. The fourth-order valence-electron chi connectivity index (χ4n) is 2.13. The van der Waals surface area contributed by atoms with Crippen molar-refractivity contribution in [3.05, 3.63) is 28.0 Å². The summed E-state index contributed by atoms with van der Waals surface area (Å²) in [5.74, 6) is -1.37. The topological polar surface area (TPSA) is 49.7 Å². The molecule has 3 nitrogen and oxygen atoms in total. The Kier molecular flexibility index (Phi) is 2.94. The normalized spacial score (nSPS) is 17.1. The van der Waals surface area contributed by atoms with Crippen LogP contribution in [0.25, 0.3) is 0 Å². The predicted molar refractivity (Wildman–Crippen MR) is 61.5 cm³/mol. The minimum Gasteiger partial charge on any atom is -0.504 e. The predicted octanol–water partition coefficient (Wildman–Crippen LogP) is 3.21. The first-order chi connectivity index (χ1) is 8.02. The summed E-state index contributed by atoms with van der Waals surface area (Å²) in [6.07, 6.45) is 3.52. The van der Waals surface area contributed by atoms with Crippen molar-refractivity contribution < 1.29 is 14.3 Å². The molecule has 0 unspecified atom stereocenters. The zero-order chi connectivity index (χ0) is 12.6. The van der Waals surface area contributed by atoms with Crippen LogP contribution in [-0.2, 0) is 10.3 Å². The van der Waals surface area contributed by atoms with E-state index in [1.165, 1.54) is 12.1 Å². The number of phenols is 1. The van der Waals surface area contributed by atoms with E-state index in [-0.39, 0.29) is 10.6 Å². The molecule has 0 spiro atoms. The average molecular weight is 256 g/mol. The Balaban J connectivity index is 2.63. The van der Waals surface area contributed by atoms with Gasteiger partial charge in [0, 0.05) is 5.56 Å². The van der Waals surface area contributed by atoms with Crippen LogP contribution in [0.5, 0.6) is 5.75 Å². The van der Waals surface area contributed by atoms with E-state index in [2.05, 4.69) is 4.99 Å². The molecule has 0 aliphatic heterocycles. The maximum atomic E-state index is 14.0. The highest BCUT2D eigenvalue weighted by atomic mass is 35.5. The van der Waals surface area contributed by atoms with Crippen molar-refractivity contribution in [1.82, 2.24) is 0 Å². The zero-order valence-corrected chi connectivity index (χ0v) is 10.0. The van der Waals surface area contributed by atoms with E-state index in [1.807, 2.05) is 0 Å². The number of aromatic hydroxyl groups is 1. The minimum atomic E-state index is -0.862. The van der Waals surface area contributed by atoms with Gasteiger partial charge in [0.15, 0.2) is 11.6 Å². The van der Waals surface area contributed by atoms with Gasteiger partial charge in [0.05, 0.1) is 5.02 Å². The zero-order valence-electron chi connectivity index (χ0n) is 9.26. The van der Waals surface area contributed by atoms with E-state index in [0.29, 0.717) is 18.4 Å². The van der Waals surface area contributed by atoms with Crippen LogP contribution >= 0.6 is 11.6 Å². The first-order valence-corrected chi connectivity index (χ1v) is 5.67. The third kappa shape index (κ3) is 1.74. The van der Waals surface area contributed by atoms with Gasteiger partial charge in [0.1, 0.15) is 5.54 Å². The number of isocyanates is 1. The number of phenolic OH excluding ortho intramolecular Hbond substituents is 1. The van der Waals surface area contributed by atoms with Crippen LogP contribution < -0.4 is 0 Å². The van der Waals surface area contributed by atoms with Gasteiger partial charge >= 0.3 is 0 Å². The van der Waals surface area contributed by atoms with E-state index < -0.39 is 17.1 Å². The van der Waals surface area contributed by atoms with E-state index in [1.54, 1.807) is 6.92 Å². The number of rotatable bonds is 2. The monoisotopic (exact) mass is 255 g/mol. The lowest BCUT2D eigenvalue weighted by Crippen LogP contribution is -2.33. The van der Waals surface area contributed by atoms with Gasteiger partial charge in [-0.15, -0.1) is 0 Å². The van der Waals surface area contributed by atoms with Gasteiger partial charge in [-0.25, -0.2) is 9.18 Å². The summed E-state index contributed by atoms with van der Waals surface area (Å²) in [6.45, 7) is 1.67. The summed E-state index contributed by atoms with van der Waals surface area (Å²) in [5, 5.41) is 9.57. The number of halogens is 2. The number of carbonyl (C=O) groups excluding carboxylic acids is 1. The molecular formula is C12H11ClFNO2. The SMILES string of the molecule is Cc1cc(C2(N=C=O)CCC2)c(F)c(O)c1Cl. The molecule has 0 amide bonds. The lowest BCUT2D eigenvalue weighted by atomic mass is 9.72. The van der Waals surface area contributed by atoms with Crippen molar-refractivity contribution >= 4 is 17.7 Å². The van der Waals surface area contributed by atoms with Gasteiger partial charge in [-0.05, 0) is 37.8 Å². The molecular weight excluding hydrogens is 245 g/mol. The molecule has 1 saturated carbocycles. The minimum absolute atomic E-state index is 0.00388. The molecule has 90 valence electrons. The Bertz CT molecular complexity index is 520. The molecule has 0 bridgehead atoms. The summed E-state index contributed by atoms with van der Waals surface area (Å²) in [5.41, 5.74) is -0.0713. The molecule has 1 fully saturated rings. The van der Waals surface area contributed by atoms with Gasteiger partial charge in [-0.2, -0.15) is 4.99 Å². The van der Waals surface area contributed by atoms with Crippen LogP contribution in [0.3, 0.4) is 0 Å². The summed E-state index contributed by atoms with van der Waals surface area (Å²) in [4.78, 5) is 14.1. The Hall–Kier alpha value is -1.38. The third-order valence-corrected chi connectivity index (χ3v) is 3.78. The summed E-state index contributed by atoms with van der Waals surface area (Å²) < 4.78 is 14.0. The molecule has 1 N–H and O–H groups in total. The van der Waals surface area contributed by atoms with Crippen LogP contribution in [0.15, 0.2) is 11.1 Å². The van der Waals surface area contributed by atoms with Crippen molar-refractivity contribution in [2.24, 2.45) is 4.99 Å². The van der Waals surface area contributed by atoms with Gasteiger partial charge < -0.3 is 5.11 Å². The van der Waals surface area contributed by atoms with Crippen molar-refractivity contribution in [3.8, 4) is 5.75 Å². The second kappa shape index (κ2) is 4.13. The van der Waals surface area contributed by atoms with Crippen LogP contribution in [-0.4, -0.2) is 11.2 Å². The average Bonchev–Trinajstić information content (AvgIpc) is 2.26. The summed E-state index contributed by atoms with van der Waals surface area (Å²) in [6, 6.07) is 1.54. The lowest BCUT2D eigenvalue weighted by molar-refractivity contribution is 0.244. The lowest BCUT2D eigenvalue weighted by Gasteiger charge is -2.37. The molecule has 17 heavy (non-hydrogen) atoms. The molecule has 0 aromatic heterocycles. The van der Waals surface area contributed by atoms with E-state index >= 15 is 0 Å². The van der Waals surface area contributed by atoms with Crippen LogP contribution in [0.2, 0.25) is 5.02 Å². The highest BCUT2D eigenvalue weighted by molar-refractivity contribution is 6.32. The molecule has 0 radical (unpaired) electrons. The summed E-state index contributed by atoms with van der Waals surface area (Å²) >= 11 is 5.75. The summed E-state index contributed by atoms with van der Waals surface area (Å²) in [7, 11) is 0. The standard InChI is InChI=1S/C12H11ClFNO2/c1-7-5-8(10(14)11(17)9(7)13)12(15-6-16)3-2-4-12/h5,17H,2-4H2,1H3. The van der Waals surface area contributed by atoms with Gasteiger partial charge in [0.25, 0.3) is 0 Å². The van der Waals surface area contributed by atoms with Crippen molar-refractivity contribution in [2.45, 2.75) is 31.7 Å². The number of aliphatic imine (C=N–C) groups is 1. The van der Waals surface area contributed by atoms with E-state index in [9.17, 15) is 14.3 Å². The number of aryl methyl sites for hydroxylation is 1. The van der Waals surface area contributed by atoms with Crippen LogP contribution in [0.1, 0.15) is 30.4 Å². The maximum absolute atomic E-state index is 14.0. The number of hydrogen-bond donors (Lipinski definition) is 1. The van der Waals surface area contributed by atoms with Crippen molar-refractivity contribution in [1.29, 1.82) is 0 Å². The molecule has 5 heteroatoms. The highest BCUT2D eigenvalue weighted by Gasteiger charge is 2.42. The smallest absolute Gasteiger partial charge is 0.235 e. The quantitative estimate of drug-likeness (QED) is 0.652.